The van der Waals surface area contributed by atoms with E-state index >= 15 is 13.9 Å². The van der Waals surface area contributed by atoms with E-state index in [0.717, 1.165) is 87.5 Å². The number of pyridine rings is 1. The predicted molar refractivity (Wildman–Crippen MR) is 381 cm³/mol. The van der Waals surface area contributed by atoms with E-state index in [9.17, 15) is 67.1 Å². The van der Waals surface area contributed by atoms with Crippen LogP contribution in [0, 0.1) is 25.7 Å². The Morgan fingerprint density at radius 3 is 1.57 bits per heavy atom. The van der Waals surface area contributed by atoms with Crippen LogP contribution in [-0.2, 0) is 63.0 Å². The molecule has 2 fully saturated rings. The van der Waals surface area contributed by atoms with Gasteiger partial charge in [0.25, 0.3) is 11.1 Å². The van der Waals surface area contributed by atoms with Crippen molar-refractivity contribution in [1.29, 1.82) is 0 Å². The number of nitrogens with zero attached hydrogens (tertiary/aromatic N) is 3. The number of aromatic nitrogens is 2. The van der Waals surface area contributed by atoms with Crippen LogP contribution in [0.15, 0.2) is 145 Å². The molecule has 12 nitrogen and oxygen atoms in total. The highest BCUT2D eigenvalue weighted by Gasteiger charge is 2.42. The lowest BCUT2D eigenvalue weighted by Crippen LogP contribution is -2.32. The molecule has 26 heteroatoms. The van der Waals surface area contributed by atoms with E-state index in [4.69, 9.17) is 23.6 Å². The maximum absolute atomic E-state index is 16.1. The summed E-state index contributed by atoms with van der Waals surface area (Å²) in [5, 5.41) is -2.20. The molecule has 0 atom stereocenters. The van der Waals surface area contributed by atoms with Crippen molar-refractivity contribution >= 4 is 80.4 Å². The SMILES string of the molecule is CCOC(=O)C1=C(C)/C(=C(\c2c(CC3CCCCC3)cc(OC(=O)Cc3ccc(-n4c(=O)c5cc(-c6cc(C(F)(F)F)cc(C(F)(F)F)c6)c6oc7ccccc7c7c(-c8cc(C(F)(F)F)cc(C(F)(F)F)c8)cc(c4=O)c5c67)cc3)cc2CC2CCCCC2)c2c(C)c(C(=O)OCC)c(C)n2BF)N=C1C. The van der Waals surface area contributed by atoms with Gasteiger partial charge in [-0.15, -0.1) is 0 Å². The normalized spacial score (nSPS) is 15.7. The van der Waals surface area contributed by atoms with Gasteiger partial charge in [-0.1, -0.05) is 94.5 Å². The molecule has 0 unspecified atom stereocenters. The molecule has 1 aliphatic heterocycles. The van der Waals surface area contributed by atoms with Crippen LogP contribution in [0.2, 0.25) is 0 Å². The number of alkyl halides is 12. The number of hydrogen-bond donors (Lipinski definition) is 0. The van der Waals surface area contributed by atoms with Crippen molar-refractivity contribution < 1.29 is 90.0 Å². The van der Waals surface area contributed by atoms with Crippen molar-refractivity contribution in [2.75, 3.05) is 13.2 Å². The molecule has 2 saturated carbocycles. The van der Waals surface area contributed by atoms with Crippen molar-refractivity contribution in [3.05, 3.63) is 214 Å². The van der Waals surface area contributed by atoms with Crippen LogP contribution in [-0.4, -0.2) is 53.6 Å². The Bertz CT molecular complexity index is 5350. The second-order valence-corrected chi connectivity index (χ2v) is 27.7. The van der Waals surface area contributed by atoms with Gasteiger partial charge in [-0.2, -0.15) is 52.7 Å². The van der Waals surface area contributed by atoms with Gasteiger partial charge in [0.15, 0.2) is 0 Å². The van der Waals surface area contributed by atoms with E-state index in [-0.39, 0.29) is 87.1 Å². The number of fused-ring (bicyclic) bond motifs is 2. The molecular weight excluding hydrogens is 1420 g/mol. The summed E-state index contributed by atoms with van der Waals surface area (Å²) in [6, 6.07) is 17.3. The van der Waals surface area contributed by atoms with Crippen molar-refractivity contribution in [3.8, 4) is 33.7 Å². The number of halogens is 13. The average Bonchev–Trinajstić information content (AvgIpc) is 1.36. The third-order valence-corrected chi connectivity index (χ3v) is 20.8. The highest BCUT2D eigenvalue weighted by molar-refractivity contribution is 6.32. The molecule has 3 aromatic heterocycles. The summed E-state index contributed by atoms with van der Waals surface area (Å²) >= 11 is 0. The second-order valence-electron chi connectivity index (χ2n) is 27.7. The minimum atomic E-state index is -5.42. The molecule has 13 rings (SSSR count). The van der Waals surface area contributed by atoms with Crippen molar-refractivity contribution in [3.63, 3.8) is 0 Å². The molecule has 2 aliphatic carbocycles. The summed E-state index contributed by atoms with van der Waals surface area (Å²) in [6.45, 7) is 10.2. The third kappa shape index (κ3) is 14.3. The zero-order valence-corrected chi connectivity index (χ0v) is 58.8. The molecule has 0 amide bonds. The minimum absolute atomic E-state index is 0.0366. The van der Waals surface area contributed by atoms with Crippen LogP contribution < -0.4 is 15.9 Å². The fourth-order valence-corrected chi connectivity index (χ4v) is 16.0. The summed E-state index contributed by atoms with van der Waals surface area (Å²) in [4.78, 5) is 78.4. The maximum atomic E-state index is 16.1. The second kappa shape index (κ2) is 28.8. The lowest BCUT2D eigenvalue weighted by molar-refractivity contribution is -0.144. The van der Waals surface area contributed by atoms with Gasteiger partial charge < -0.3 is 27.4 Å². The summed E-state index contributed by atoms with van der Waals surface area (Å²) in [5.41, 5.74) is -8.01. The highest BCUT2D eigenvalue weighted by Crippen LogP contribution is 2.51. The Hall–Kier alpha value is -10.3. The van der Waals surface area contributed by atoms with Crippen molar-refractivity contribution in [2.45, 2.75) is 150 Å². The Morgan fingerprint density at radius 2 is 1.07 bits per heavy atom. The van der Waals surface area contributed by atoms with E-state index in [1.54, 1.807) is 53.7 Å². The molecule has 0 saturated heterocycles. The van der Waals surface area contributed by atoms with Crippen molar-refractivity contribution in [1.82, 2.24) is 9.05 Å². The minimum Gasteiger partial charge on any atom is -0.462 e. The first-order chi connectivity index (χ1) is 50.7. The summed E-state index contributed by atoms with van der Waals surface area (Å²) in [7, 11) is -1.07. The fraction of sp³-hybridized carbons (Fsp3) is 0.333. The van der Waals surface area contributed by atoms with Gasteiger partial charge >= 0.3 is 50.3 Å². The number of ether oxygens (including phenoxy) is 3. The first-order valence-electron chi connectivity index (χ1n) is 35.2. The number of allylic oxidation sites excluding steroid dienone is 1. The predicted octanol–water partition coefficient (Wildman–Crippen LogP) is 20.4. The van der Waals surface area contributed by atoms with Gasteiger partial charge in [0.1, 0.15) is 16.9 Å². The smallest absolute Gasteiger partial charge is 0.448 e. The molecule has 3 aliphatic rings. The standard InChI is InChI=1S/C81H69BF13N3O9/c1-7-104-76(102)64-40(3)71(96-42(64)5)70(72-41(4)65(77(103)105-8-2)43(6)98(72)82-95)66-49(27-44-17-11-9-12-18-44)34-56(35-50(66)28-45-19-13-10-14-20-45)106-63(99)29-46-23-25-55(26-24-46)97-74(100)60-38-58(47-30-51(78(83,84)85)36-52(31-47)79(86,87)88)67-57-21-15-16-22-62(57)107-73-59(39-61(75(97)101)68(60)69(67)73)48-32-53(80(89,90)91)37-54(33-48)81(92,93)94/h15-16,21-26,30-39,44-45,82H,7-14,17-20,27-29H2,1-6H3/b71-70-. The molecule has 7 aromatic carbocycles. The first-order valence-corrected chi connectivity index (χ1v) is 35.2. The zero-order chi connectivity index (χ0) is 76.7. The largest absolute Gasteiger partial charge is 0.462 e. The Balaban J connectivity index is 0.973. The van der Waals surface area contributed by atoms with E-state index in [2.05, 4.69) is 0 Å². The summed E-state index contributed by atoms with van der Waals surface area (Å²) in [6.07, 6.45) is -11.9. The lowest BCUT2D eigenvalue weighted by Gasteiger charge is -2.29. The topological polar surface area (TPSA) is 148 Å². The number of rotatable bonds is 17. The van der Waals surface area contributed by atoms with E-state index < -0.39 is 134 Å². The molecule has 107 heavy (non-hydrogen) atoms. The van der Waals surface area contributed by atoms with E-state index in [0.29, 0.717) is 86.7 Å². The van der Waals surface area contributed by atoms with Gasteiger partial charge in [-0.25, -0.2) is 14.2 Å². The maximum Gasteiger partial charge on any atom is 0.448 e. The van der Waals surface area contributed by atoms with Gasteiger partial charge in [-0.3, -0.25) is 19.4 Å². The molecule has 0 spiro atoms. The molecule has 0 N–H and O–H groups in total. The molecule has 10 aromatic rings. The van der Waals surface area contributed by atoms with Crippen LogP contribution in [0.25, 0.3) is 77.0 Å². The van der Waals surface area contributed by atoms with E-state index in [1.807, 2.05) is 0 Å². The van der Waals surface area contributed by atoms with Gasteiger partial charge in [0.05, 0.1) is 70.1 Å². The zero-order valence-electron chi connectivity index (χ0n) is 58.8. The third-order valence-electron chi connectivity index (χ3n) is 20.8. The number of carbonyl (C=O) groups excluding carboxylic acids is 3. The number of carbonyl (C=O) groups is 3. The van der Waals surface area contributed by atoms with Gasteiger partial charge in [-0.05, 0) is 195 Å². The average molecular weight is 1490 g/mol. The molecule has 4 heterocycles. The monoisotopic (exact) mass is 1490 g/mol. The van der Waals surface area contributed by atoms with Crippen LogP contribution >= 0.6 is 0 Å². The Labute approximate surface area is 604 Å². The van der Waals surface area contributed by atoms with E-state index in [1.165, 1.54) is 53.0 Å². The van der Waals surface area contributed by atoms with Gasteiger partial charge in [0.2, 0.25) is 0 Å². The fourth-order valence-electron chi connectivity index (χ4n) is 16.0. The van der Waals surface area contributed by atoms with Crippen LogP contribution in [0.3, 0.4) is 0 Å². The molecule has 556 valence electrons. The Morgan fingerprint density at radius 1 is 0.570 bits per heavy atom. The first kappa shape index (κ1) is 75.0. The number of aliphatic imine (C=N–C) groups is 1. The lowest BCUT2D eigenvalue weighted by atomic mass is 9.77. The van der Waals surface area contributed by atoms with Gasteiger partial charge in [0, 0.05) is 54.8 Å². The molecule has 0 radical (unpaired) electrons. The van der Waals surface area contributed by atoms with Crippen LogP contribution in [0.5, 0.6) is 5.75 Å². The van der Waals surface area contributed by atoms with Crippen LogP contribution in [0.4, 0.5) is 57.0 Å². The van der Waals surface area contributed by atoms with Crippen LogP contribution in [0.1, 0.15) is 164 Å². The number of hydrogen-bond acceptors (Lipinski definition) is 10. The summed E-state index contributed by atoms with van der Waals surface area (Å²) in [5.74, 6) is -1.65. The molecule has 0 bridgehead atoms. The van der Waals surface area contributed by atoms with Crippen molar-refractivity contribution in [2.24, 2.45) is 16.8 Å². The Kier molecular flexibility index (Phi) is 20.2. The molecular formula is C81H69BF13N3O9. The number of benzene rings is 7. The number of esters is 3. The number of para-hydroxylation sites is 1. The quantitative estimate of drug-likeness (QED) is 0.0217. The highest BCUT2D eigenvalue weighted by atomic mass is 19.4. The summed E-state index contributed by atoms with van der Waals surface area (Å²) < 4.78 is 219.